The van der Waals surface area contributed by atoms with Gasteiger partial charge in [-0.3, -0.25) is 9.59 Å². The number of rotatable bonds is 7. The van der Waals surface area contributed by atoms with E-state index in [-0.39, 0.29) is 24.8 Å². The van der Waals surface area contributed by atoms with Gasteiger partial charge in [0.25, 0.3) is 0 Å². The summed E-state index contributed by atoms with van der Waals surface area (Å²) in [6.45, 7) is 6.15. The van der Waals surface area contributed by atoms with Crippen molar-refractivity contribution in [2.45, 2.75) is 33.6 Å². The van der Waals surface area contributed by atoms with Gasteiger partial charge in [-0.25, -0.2) is 0 Å². The topological polar surface area (TPSA) is 82.2 Å². The Labute approximate surface area is 136 Å². The maximum atomic E-state index is 12.2. The van der Waals surface area contributed by atoms with Gasteiger partial charge in [0.15, 0.2) is 0 Å². The van der Waals surface area contributed by atoms with Gasteiger partial charge < -0.3 is 15.4 Å². The molecular weight excluding hydrogens is 292 g/mol. The van der Waals surface area contributed by atoms with Gasteiger partial charge in [0, 0.05) is 23.6 Å². The molecule has 0 radical (unpaired) electrons. The number of hydrogen-bond acceptors (Lipinski definition) is 2. The van der Waals surface area contributed by atoms with Crippen LogP contribution in [0.2, 0.25) is 0 Å². The van der Waals surface area contributed by atoms with Gasteiger partial charge in [-0.15, -0.1) is 0 Å². The Hall–Kier alpha value is -2.30. The molecule has 1 atom stereocenters. The van der Waals surface area contributed by atoms with Crippen molar-refractivity contribution >= 4 is 22.8 Å². The average molecular weight is 316 g/mol. The molecule has 3 N–H and O–H groups in total. The van der Waals surface area contributed by atoms with Gasteiger partial charge in [-0.2, -0.15) is 0 Å². The summed E-state index contributed by atoms with van der Waals surface area (Å²) in [5.41, 5.74) is 3.07. The van der Waals surface area contributed by atoms with Crippen LogP contribution in [0.3, 0.4) is 0 Å². The van der Waals surface area contributed by atoms with Crippen molar-refractivity contribution in [2.24, 2.45) is 11.8 Å². The van der Waals surface area contributed by atoms with Gasteiger partial charge >= 0.3 is 5.97 Å². The minimum absolute atomic E-state index is 0.149. The maximum absolute atomic E-state index is 12.2. The van der Waals surface area contributed by atoms with Crippen molar-refractivity contribution in [3.05, 3.63) is 35.5 Å². The quantitative estimate of drug-likeness (QED) is 0.734. The number of benzene rings is 1. The molecule has 5 nitrogen and oxygen atoms in total. The normalized spacial score (nSPS) is 12.5. The SMILES string of the molecule is Cc1cccc2[nH]cc(CC(=O)NCC(CC(C)C)C(=O)O)c12. The van der Waals surface area contributed by atoms with Gasteiger partial charge in [0.1, 0.15) is 0 Å². The Bertz CT molecular complexity index is 703. The van der Waals surface area contributed by atoms with E-state index in [9.17, 15) is 14.7 Å². The summed E-state index contributed by atoms with van der Waals surface area (Å²) in [5, 5.41) is 13.0. The molecule has 0 aliphatic rings. The molecule has 2 aromatic rings. The van der Waals surface area contributed by atoms with Crippen LogP contribution in [0.1, 0.15) is 31.4 Å². The molecule has 0 bridgehead atoms. The van der Waals surface area contributed by atoms with Crippen LogP contribution < -0.4 is 5.32 Å². The summed E-state index contributed by atoms with van der Waals surface area (Å²) < 4.78 is 0. The molecule has 1 aromatic heterocycles. The van der Waals surface area contributed by atoms with E-state index in [4.69, 9.17) is 0 Å². The van der Waals surface area contributed by atoms with E-state index in [2.05, 4.69) is 10.3 Å². The van der Waals surface area contributed by atoms with Crippen molar-refractivity contribution in [3.8, 4) is 0 Å². The van der Waals surface area contributed by atoms with E-state index < -0.39 is 11.9 Å². The molecule has 0 saturated heterocycles. The standard InChI is InChI=1S/C18H24N2O3/c1-11(2)7-14(18(22)23)10-20-16(21)8-13-9-19-15-6-4-5-12(3)17(13)15/h4-6,9,11,14,19H,7-8,10H2,1-3H3,(H,20,21)(H,22,23). The third-order valence-corrected chi connectivity index (χ3v) is 4.00. The molecule has 1 unspecified atom stereocenters. The Kier molecular flexibility index (Phi) is 5.42. The van der Waals surface area contributed by atoms with E-state index in [1.54, 1.807) is 0 Å². The number of carboxylic acid groups (broad SMARTS) is 1. The van der Waals surface area contributed by atoms with Crippen molar-refractivity contribution < 1.29 is 14.7 Å². The Morgan fingerprint density at radius 1 is 1.30 bits per heavy atom. The number of fused-ring (bicyclic) bond motifs is 1. The molecular formula is C18H24N2O3. The molecule has 0 aliphatic carbocycles. The van der Waals surface area contributed by atoms with Crippen LogP contribution in [0, 0.1) is 18.8 Å². The van der Waals surface area contributed by atoms with E-state index in [0.29, 0.717) is 6.42 Å². The molecule has 5 heteroatoms. The first kappa shape index (κ1) is 17.1. The van der Waals surface area contributed by atoms with Crippen LogP contribution in [-0.2, 0) is 16.0 Å². The lowest BCUT2D eigenvalue weighted by molar-refractivity contribution is -0.142. The summed E-state index contributed by atoms with van der Waals surface area (Å²) >= 11 is 0. The number of aromatic amines is 1. The van der Waals surface area contributed by atoms with Gasteiger partial charge in [-0.05, 0) is 36.5 Å². The fraction of sp³-hybridized carbons (Fsp3) is 0.444. The largest absolute Gasteiger partial charge is 0.481 e. The van der Waals surface area contributed by atoms with E-state index in [1.807, 2.05) is 45.2 Å². The van der Waals surface area contributed by atoms with Crippen LogP contribution in [0.4, 0.5) is 0 Å². The third-order valence-electron chi connectivity index (χ3n) is 4.00. The van der Waals surface area contributed by atoms with Crippen molar-refractivity contribution in [2.75, 3.05) is 6.54 Å². The fourth-order valence-corrected chi connectivity index (χ4v) is 2.90. The van der Waals surface area contributed by atoms with Crippen LogP contribution in [0.15, 0.2) is 24.4 Å². The average Bonchev–Trinajstić information content (AvgIpc) is 2.87. The monoisotopic (exact) mass is 316 g/mol. The number of carbonyl (C=O) groups is 2. The van der Waals surface area contributed by atoms with E-state index >= 15 is 0 Å². The zero-order valence-electron chi connectivity index (χ0n) is 13.8. The molecule has 0 fully saturated rings. The molecule has 1 heterocycles. The first-order valence-corrected chi connectivity index (χ1v) is 7.93. The summed E-state index contributed by atoms with van der Waals surface area (Å²) in [6.07, 6.45) is 2.65. The zero-order valence-corrected chi connectivity index (χ0v) is 13.8. The number of carbonyl (C=O) groups excluding carboxylic acids is 1. The van der Waals surface area contributed by atoms with Crippen LogP contribution in [0.5, 0.6) is 0 Å². The Balaban J connectivity index is 2.00. The highest BCUT2D eigenvalue weighted by molar-refractivity contribution is 5.91. The number of hydrogen-bond donors (Lipinski definition) is 3. The van der Waals surface area contributed by atoms with Crippen LogP contribution in [0.25, 0.3) is 10.9 Å². The molecule has 124 valence electrons. The predicted octanol–water partition coefficient (Wildman–Crippen LogP) is 2.88. The van der Waals surface area contributed by atoms with E-state index in [0.717, 1.165) is 22.0 Å². The van der Waals surface area contributed by atoms with Gasteiger partial charge in [0.05, 0.1) is 12.3 Å². The summed E-state index contributed by atoms with van der Waals surface area (Å²) in [6, 6.07) is 5.97. The summed E-state index contributed by atoms with van der Waals surface area (Å²) in [7, 11) is 0. The Morgan fingerprint density at radius 2 is 2.04 bits per heavy atom. The highest BCUT2D eigenvalue weighted by Crippen LogP contribution is 2.22. The fourth-order valence-electron chi connectivity index (χ4n) is 2.90. The number of H-pyrrole nitrogens is 1. The van der Waals surface area contributed by atoms with Gasteiger partial charge in [0.2, 0.25) is 5.91 Å². The van der Waals surface area contributed by atoms with Crippen molar-refractivity contribution in [3.63, 3.8) is 0 Å². The van der Waals surface area contributed by atoms with Crippen LogP contribution >= 0.6 is 0 Å². The number of aromatic nitrogens is 1. The number of carboxylic acids is 1. The first-order chi connectivity index (χ1) is 10.9. The second kappa shape index (κ2) is 7.31. The first-order valence-electron chi connectivity index (χ1n) is 7.93. The van der Waals surface area contributed by atoms with E-state index in [1.165, 1.54) is 0 Å². The highest BCUT2D eigenvalue weighted by Gasteiger charge is 2.20. The van der Waals surface area contributed by atoms with Crippen LogP contribution in [-0.4, -0.2) is 28.5 Å². The Morgan fingerprint density at radius 3 is 2.70 bits per heavy atom. The highest BCUT2D eigenvalue weighted by atomic mass is 16.4. The number of nitrogens with one attached hydrogen (secondary N) is 2. The zero-order chi connectivity index (χ0) is 17.0. The lowest BCUT2D eigenvalue weighted by Crippen LogP contribution is -2.34. The summed E-state index contributed by atoms with van der Waals surface area (Å²) in [4.78, 5) is 26.6. The minimum Gasteiger partial charge on any atom is -0.481 e. The molecule has 0 saturated carbocycles. The second-order valence-corrected chi connectivity index (χ2v) is 6.46. The predicted molar refractivity (Wildman–Crippen MR) is 90.3 cm³/mol. The molecule has 0 spiro atoms. The number of aliphatic carboxylic acids is 1. The molecule has 0 aliphatic heterocycles. The second-order valence-electron chi connectivity index (χ2n) is 6.46. The molecule has 1 aromatic carbocycles. The smallest absolute Gasteiger partial charge is 0.308 e. The molecule has 23 heavy (non-hydrogen) atoms. The minimum atomic E-state index is -0.859. The summed E-state index contributed by atoms with van der Waals surface area (Å²) in [5.74, 6) is -1.26. The van der Waals surface area contributed by atoms with Crippen molar-refractivity contribution in [1.29, 1.82) is 0 Å². The lowest BCUT2D eigenvalue weighted by atomic mass is 9.97. The molecule has 1 amide bonds. The lowest BCUT2D eigenvalue weighted by Gasteiger charge is -2.15. The third kappa shape index (κ3) is 4.34. The maximum Gasteiger partial charge on any atom is 0.308 e. The van der Waals surface area contributed by atoms with Crippen molar-refractivity contribution in [1.82, 2.24) is 10.3 Å². The number of amides is 1. The van der Waals surface area contributed by atoms with Gasteiger partial charge in [-0.1, -0.05) is 26.0 Å². The molecule has 2 rings (SSSR count). The number of aryl methyl sites for hydroxylation is 1.